The molecule has 0 aliphatic carbocycles. The van der Waals surface area contributed by atoms with Crippen LogP contribution in [0.4, 0.5) is 5.69 Å². The van der Waals surface area contributed by atoms with Gasteiger partial charge >= 0.3 is 0 Å². The highest BCUT2D eigenvalue weighted by atomic mass is 16.5. The van der Waals surface area contributed by atoms with Crippen molar-refractivity contribution in [2.24, 2.45) is 0 Å². The van der Waals surface area contributed by atoms with Crippen molar-refractivity contribution in [3.05, 3.63) is 54.1 Å². The number of nitrogens with zero attached hydrogens (tertiary/aromatic N) is 1. The van der Waals surface area contributed by atoms with Crippen LogP contribution in [0.25, 0.3) is 0 Å². The van der Waals surface area contributed by atoms with Gasteiger partial charge < -0.3 is 14.4 Å². The zero-order chi connectivity index (χ0) is 13.7. The molecule has 0 aliphatic rings. The van der Waals surface area contributed by atoms with Crippen molar-refractivity contribution >= 4 is 5.69 Å². The lowest BCUT2D eigenvalue weighted by Gasteiger charge is -2.19. The number of ether oxygens (including phenoxy) is 2. The summed E-state index contributed by atoms with van der Waals surface area (Å²) in [7, 11) is 5.43. The summed E-state index contributed by atoms with van der Waals surface area (Å²) in [5.74, 6) is 1.76. The SMILES string of the molecule is COc1ccc(CN(C)c2ccc(OC)cc2)cc1. The lowest BCUT2D eigenvalue weighted by Crippen LogP contribution is -2.16. The highest BCUT2D eigenvalue weighted by molar-refractivity contribution is 5.49. The van der Waals surface area contributed by atoms with Gasteiger partial charge in [0, 0.05) is 19.3 Å². The molecule has 0 aliphatic heterocycles. The molecule has 3 nitrogen and oxygen atoms in total. The van der Waals surface area contributed by atoms with Crippen LogP contribution in [-0.4, -0.2) is 21.3 Å². The smallest absolute Gasteiger partial charge is 0.119 e. The maximum absolute atomic E-state index is 5.16. The van der Waals surface area contributed by atoms with Gasteiger partial charge in [-0.2, -0.15) is 0 Å². The van der Waals surface area contributed by atoms with E-state index in [-0.39, 0.29) is 0 Å². The van der Waals surface area contributed by atoms with Crippen LogP contribution in [0.15, 0.2) is 48.5 Å². The fraction of sp³-hybridized carbons (Fsp3) is 0.250. The van der Waals surface area contributed by atoms with Gasteiger partial charge in [0.2, 0.25) is 0 Å². The number of hydrogen-bond donors (Lipinski definition) is 0. The van der Waals surface area contributed by atoms with Crippen LogP contribution in [0.1, 0.15) is 5.56 Å². The minimum absolute atomic E-state index is 0.857. The molecule has 0 heterocycles. The Bertz CT molecular complexity index is 505. The minimum Gasteiger partial charge on any atom is -0.497 e. The normalized spacial score (nSPS) is 10.1. The van der Waals surface area contributed by atoms with Crippen molar-refractivity contribution in [2.75, 3.05) is 26.2 Å². The summed E-state index contributed by atoms with van der Waals surface area (Å²) in [5, 5.41) is 0. The fourth-order valence-electron chi connectivity index (χ4n) is 1.93. The highest BCUT2D eigenvalue weighted by Crippen LogP contribution is 2.20. The second kappa shape index (κ2) is 6.14. The minimum atomic E-state index is 0.857. The first-order chi connectivity index (χ1) is 9.22. The van der Waals surface area contributed by atoms with Crippen LogP contribution in [0.5, 0.6) is 11.5 Å². The number of benzene rings is 2. The number of anilines is 1. The third-order valence-electron chi connectivity index (χ3n) is 3.09. The molecule has 100 valence electrons. The summed E-state index contributed by atoms with van der Waals surface area (Å²) in [6.45, 7) is 0.857. The predicted octanol–water partition coefficient (Wildman–Crippen LogP) is 3.34. The molecule has 0 radical (unpaired) electrons. The standard InChI is InChI=1S/C16H19NO2/c1-17(14-6-10-16(19-3)11-7-14)12-13-4-8-15(18-2)9-5-13/h4-11H,12H2,1-3H3. The predicted molar refractivity (Wildman–Crippen MR) is 78.1 cm³/mol. The van der Waals surface area contributed by atoms with Crippen molar-refractivity contribution in [3.63, 3.8) is 0 Å². The quantitative estimate of drug-likeness (QED) is 0.820. The van der Waals surface area contributed by atoms with Gasteiger partial charge in [0.15, 0.2) is 0 Å². The molecule has 2 aromatic carbocycles. The molecule has 2 rings (SSSR count). The first-order valence-electron chi connectivity index (χ1n) is 6.21. The largest absolute Gasteiger partial charge is 0.497 e. The lowest BCUT2D eigenvalue weighted by molar-refractivity contribution is 0.414. The molecular weight excluding hydrogens is 238 g/mol. The molecule has 0 atom stereocenters. The van der Waals surface area contributed by atoms with Crippen molar-refractivity contribution in [3.8, 4) is 11.5 Å². The molecule has 0 amide bonds. The zero-order valence-corrected chi connectivity index (χ0v) is 11.6. The van der Waals surface area contributed by atoms with Crippen molar-refractivity contribution in [2.45, 2.75) is 6.54 Å². The second-order valence-electron chi connectivity index (χ2n) is 4.40. The molecule has 0 saturated carbocycles. The van der Waals surface area contributed by atoms with Crippen molar-refractivity contribution < 1.29 is 9.47 Å². The Morgan fingerprint density at radius 3 is 1.74 bits per heavy atom. The van der Waals surface area contributed by atoms with Crippen LogP contribution in [0.2, 0.25) is 0 Å². The Labute approximate surface area is 114 Å². The van der Waals surface area contributed by atoms with Crippen molar-refractivity contribution in [1.82, 2.24) is 0 Å². The van der Waals surface area contributed by atoms with E-state index in [2.05, 4.69) is 36.2 Å². The van der Waals surface area contributed by atoms with Crippen LogP contribution in [-0.2, 0) is 6.54 Å². The Balaban J connectivity index is 2.04. The second-order valence-corrected chi connectivity index (χ2v) is 4.40. The summed E-state index contributed by atoms with van der Waals surface area (Å²) in [6.07, 6.45) is 0. The number of rotatable bonds is 5. The average molecular weight is 257 g/mol. The molecule has 0 unspecified atom stereocenters. The van der Waals surface area contributed by atoms with Crippen LogP contribution < -0.4 is 14.4 Å². The summed E-state index contributed by atoms with van der Waals surface area (Å²) in [5.41, 5.74) is 2.41. The molecule has 19 heavy (non-hydrogen) atoms. The van der Waals surface area contributed by atoms with Gasteiger partial charge in [-0.25, -0.2) is 0 Å². The maximum Gasteiger partial charge on any atom is 0.119 e. The molecule has 0 saturated heterocycles. The summed E-state index contributed by atoms with van der Waals surface area (Å²) in [4.78, 5) is 2.20. The third-order valence-corrected chi connectivity index (χ3v) is 3.09. The van der Waals surface area contributed by atoms with E-state index in [1.54, 1.807) is 14.2 Å². The topological polar surface area (TPSA) is 21.7 Å². The Kier molecular flexibility index (Phi) is 4.29. The van der Waals surface area contributed by atoms with Gasteiger partial charge in [0.05, 0.1) is 14.2 Å². The number of methoxy groups -OCH3 is 2. The third kappa shape index (κ3) is 3.41. The van der Waals surface area contributed by atoms with Crippen LogP contribution in [0.3, 0.4) is 0 Å². The molecular formula is C16H19NO2. The zero-order valence-electron chi connectivity index (χ0n) is 11.6. The van der Waals surface area contributed by atoms with E-state index < -0.39 is 0 Å². The van der Waals surface area contributed by atoms with E-state index in [0.29, 0.717) is 0 Å². The molecule has 0 N–H and O–H groups in total. The fourth-order valence-corrected chi connectivity index (χ4v) is 1.93. The van der Waals surface area contributed by atoms with E-state index in [1.165, 1.54) is 5.56 Å². The lowest BCUT2D eigenvalue weighted by atomic mass is 10.2. The molecule has 0 bridgehead atoms. The summed E-state index contributed by atoms with van der Waals surface area (Å²) >= 11 is 0. The first-order valence-corrected chi connectivity index (χ1v) is 6.21. The summed E-state index contributed by atoms with van der Waals surface area (Å²) < 4.78 is 10.3. The van der Waals surface area contributed by atoms with E-state index in [1.807, 2.05) is 24.3 Å². The molecule has 3 heteroatoms. The van der Waals surface area contributed by atoms with Crippen LogP contribution in [0, 0.1) is 0 Å². The van der Waals surface area contributed by atoms with Gasteiger partial charge in [-0.1, -0.05) is 12.1 Å². The van der Waals surface area contributed by atoms with Gasteiger partial charge in [-0.05, 0) is 42.0 Å². The molecule has 0 aromatic heterocycles. The van der Waals surface area contributed by atoms with E-state index >= 15 is 0 Å². The highest BCUT2D eigenvalue weighted by Gasteiger charge is 2.03. The van der Waals surface area contributed by atoms with E-state index in [4.69, 9.17) is 9.47 Å². The Morgan fingerprint density at radius 2 is 1.26 bits per heavy atom. The number of hydrogen-bond acceptors (Lipinski definition) is 3. The van der Waals surface area contributed by atoms with Crippen LogP contribution >= 0.6 is 0 Å². The van der Waals surface area contributed by atoms with E-state index in [0.717, 1.165) is 23.7 Å². The first kappa shape index (κ1) is 13.3. The molecule has 0 fully saturated rings. The summed E-state index contributed by atoms with van der Waals surface area (Å²) in [6, 6.07) is 16.2. The van der Waals surface area contributed by atoms with E-state index in [9.17, 15) is 0 Å². The van der Waals surface area contributed by atoms with Gasteiger partial charge in [-0.15, -0.1) is 0 Å². The Morgan fingerprint density at radius 1 is 0.789 bits per heavy atom. The molecule has 0 spiro atoms. The average Bonchev–Trinajstić information content (AvgIpc) is 2.48. The van der Waals surface area contributed by atoms with Gasteiger partial charge in [0.1, 0.15) is 11.5 Å². The molecule has 2 aromatic rings. The van der Waals surface area contributed by atoms with Gasteiger partial charge in [-0.3, -0.25) is 0 Å². The van der Waals surface area contributed by atoms with Crippen molar-refractivity contribution in [1.29, 1.82) is 0 Å². The Hall–Kier alpha value is -2.16. The monoisotopic (exact) mass is 257 g/mol. The van der Waals surface area contributed by atoms with Gasteiger partial charge in [0.25, 0.3) is 0 Å². The maximum atomic E-state index is 5.16.